The average Bonchev–Trinajstić information content (AvgIpc) is 2.59. The highest BCUT2D eigenvalue weighted by molar-refractivity contribution is 5.43. The molecule has 144 valence electrons. The maximum absolute atomic E-state index is 9.58. The molecule has 1 aromatic rings. The van der Waals surface area contributed by atoms with E-state index in [-0.39, 0.29) is 12.5 Å². The monoisotopic (exact) mass is 351 g/mol. The Morgan fingerprint density at radius 2 is 1.84 bits per heavy atom. The molecule has 1 rings (SSSR count). The lowest BCUT2D eigenvalue weighted by Gasteiger charge is -2.31. The molecule has 25 heavy (non-hydrogen) atoms. The molecule has 1 atom stereocenters. The van der Waals surface area contributed by atoms with Crippen LogP contribution in [0.25, 0.3) is 0 Å². The van der Waals surface area contributed by atoms with Gasteiger partial charge in [-0.25, -0.2) is 0 Å². The lowest BCUT2D eigenvalue weighted by atomic mass is 9.83. The molecule has 0 saturated heterocycles. The smallest absolute Gasteiger partial charge is 0.161 e. The van der Waals surface area contributed by atoms with Gasteiger partial charge in [-0.1, -0.05) is 40.2 Å². The van der Waals surface area contributed by atoms with Gasteiger partial charge in [-0.2, -0.15) is 0 Å². The molecule has 0 bridgehead atoms. The maximum atomic E-state index is 9.58. The molecular formula is C21H37NO3. The van der Waals surface area contributed by atoms with Gasteiger partial charge in [0, 0.05) is 5.54 Å². The van der Waals surface area contributed by atoms with Crippen molar-refractivity contribution in [2.75, 3.05) is 20.3 Å². The van der Waals surface area contributed by atoms with Gasteiger partial charge >= 0.3 is 0 Å². The van der Waals surface area contributed by atoms with Gasteiger partial charge in [0.15, 0.2) is 11.5 Å². The summed E-state index contributed by atoms with van der Waals surface area (Å²) in [5.74, 6) is 2.53. The molecule has 1 aromatic carbocycles. The Bertz CT molecular complexity index is 502. The Morgan fingerprint density at radius 3 is 2.40 bits per heavy atom. The van der Waals surface area contributed by atoms with E-state index >= 15 is 0 Å². The van der Waals surface area contributed by atoms with Crippen LogP contribution < -0.4 is 15.2 Å². The van der Waals surface area contributed by atoms with Crippen molar-refractivity contribution in [1.29, 1.82) is 0 Å². The summed E-state index contributed by atoms with van der Waals surface area (Å²) < 4.78 is 11.4. The fraction of sp³-hybridized carbons (Fsp3) is 0.714. The highest BCUT2D eigenvalue weighted by Crippen LogP contribution is 2.30. The summed E-state index contributed by atoms with van der Waals surface area (Å²) in [5.41, 5.74) is 6.90. The zero-order valence-corrected chi connectivity index (χ0v) is 16.7. The van der Waals surface area contributed by atoms with Crippen LogP contribution in [-0.2, 0) is 6.42 Å². The van der Waals surface area contributed by atoms with Crippen molar-refractivity contribution < 1.29 is 14.6 Å². The number of hydrogen-bond donors (Lipinski definition) is 2. The first-order chi connectivity index (χ1) is 11.8. The number of aliphatic hydroxyl groups excluding tert-OH is 1. The van der Waals surface area contributed by atoms with Gasteiger partial charge < -0.3 is 20.3 Å². The largest absolute Gasteiger partial charge is 0.493 e. The van der Waals surface area contributed by atoms with Crippen molar-refractivity contribution in [1.82, 2.24) is 0 Å². The molecule has 3 N–H and O–H groups in total. The third-order valence-electron chi connectivity index (χ3n) is 4.98. The van der Waals surface area contributed by atoms with E-state index in [1.165, 1.54) is 12.8 Å². The summed E-state index contributed by atoms with van der Waals surface area (Å²) in [6, 6.07) is 6.05. The minimum Gasteiger partial charge on any atom is -0.493 e. The van der Waals surface area contributed by atoms with E-state index in [1.807, 2.05) is 26.0 Å². The maximum Gasteiger partial charge on any atom is 0.161 e. The number of benzene rings is 1. The van der Waals surface area contributed by atoms with Gasteiger partial charge in [-0.15, -0.1) is 0 Å². The fourth-order valence-corrected chi connectivity index (χ4v) is 2.75. The molecular weight excluding hydrogens is 314 g/mol. The standard InChI is InChI=1S/C21H37NO3/c1-16(2)8-6-7-13-25-19-10-9-18(14-20(19)24-5)11-12-21(22,15-23)17(3)4/h9-10,14,16-17,23H,6-8,11-13,15,22H2,1-5H3/t21-/m1/s1. The highest BCUT2D eigenvalue weighted by atomic mass is 16.5. The van der Waals surface area contributed by atoms with Crippen LogP contribution in [0, 0.1) is 11.8 Å². The van der Waals surface area contributed by atoms with Crippen LogP contribution >= 0.6 is 0 Å². The third kappa shape index (κ3) is 7.25. The van der Waals surface area contributed by atoms with Gasteiger partial charge in [0.2, 0.25) is 0 Å². The number of ether oxygens (including phenoxy) is 2. The predicted molar refractivity (Wildman–Crippen MR) is 104 cm³/mol. The molecule has 0 aliphatic heterocycles. The molecule has 0 aromatic heterocycles. The van der Waals surface area contributed by atoms with Crippen LogP contribution in [0.2, 0.25) is 0 Å². The number of aryl methyl sites for hydroxylation is 1. The number of nitrogens with two attached hydrogens (primary N) is 1. The van der Waals surface area contributed by atoms with Crippen LogP contribution in [0.4, 0.5) is 0 Å². The summed E-state index contributed by atoms with van der Waals surface area (Å²) in [4.78, 5) is 0. The molecule has 0 spiro atoms. The van der Waals surface area contributed by atoms with Gasteiger partial charge in [0.05, 0.1) is 20.3 Å². The Morgan fingerprint density at radius 1 is 1.12 bits per heavy atom. The zero-order valence-electron chi connectivity index (χ0n) is 16.7. The summed E-state index contributed by atoms with van der Waals surface area (Å²) in [6.07, 6.45) is 5.03. The number of methoxy groups -OCH3 is 1. The molecule has 0 radical (unpaired) electrons. The first-order valence-electron chi connectivity index (χ1n) is 9.52. The van der Waals surface area contributed by atoms with Gasteiger partial charge in [0.1, 0.15) is 0 Å². The SMILES string of the molecule is COc1cc(CC[C@@](N)(CO)C(C)C)ccc1OCCCCC(C)C. The molecule has 0 heterocycles. The van der Waals surface area contributed by atoms with Crippen molar-refractivity contribution in [2.45, 2.75) is 65.3 Å². The van der Waals surface area contributed by atoms with Crippen LogP contribution in [-0.4, -0.2) is 31.0 Å². The Hall–Kier alpha value is -1.26. The van der Waals surface area contributed by atoms with E-state index in [0.717, 1.165) is 42.2 Å². The Kier molecular flexibility index (Phi) is 9.30. The molecule has 0 fully saturated rings. The summed E-state index contributed by atoms with van der Waals surface area (Å²) in [7, 11) is 1.67. The second kappa shape index (κ2) is 10.7. The number of rotatable bonds is 12. The number of hydrogen-bond acceptors (Lipinski definition) is 4. The second-order valence-corrected chi connectivity index (χ2v) is 7.77. The second-order valence-electron chi connectivity index (χ2n) is 7.77. The van der Waals surface area contributed by atoms with E-state index in [4.69, 9.17) is 15.2 Å². The minimum atomic E-state index is -0.543. The normalized spacial score (nSPS) is 14.0. The Balaban J connectivity index is 2.59. The van der Waals surface area contributed by atoms with E-state index in [2.05, 4.69) is 19.9 Å². The highest BCUT2D eigenvalue weighted by Gasteiger charge is 2.27. The average molecular weight is 352 g/mol. The predicted octanol–water partition coefficient (Wildman–Crippen LogP) is 4.18. The molecule has 0 aliphatic carbocycles. The molecule has 0 aliphatic rings. The third-order valence-corrected chi connectivity index (χ3v) is 4.98. The summed E-state index contributed by atoms with van der Waals surface area (Å²) in [6.45, 7) is 9.30. The van der Waals surface area contributed by atoms with Crippen LogP contribution in [0.3, 0.4) is 0 Å². The number of unbranched alkanes of at least 4 members (excludes halogenated alkanes) is 1. The van der Waals surface area contributed by atoms with Crippen LogP contribution in [0.1, 0.15) is 58.9 Å². The van der Waals surface area contributed by atoms with Crippen LogP contribution in [0.15, 0.2) is 18.2 Å². The van der Waals surface area contributed by atoms with Crippen molar-refractivity contribution in [3.8, 4) is 11.5 Å². The van der Waals surface area contributed by atoms with Crippen molar-refractivity contribution in [3.63, 3.8) is 0 Å². The number of aliphatic hydroxyl groups is 1. The molecule has 0 amide bonds. The van der Waals surface area contributed by atoms with Gasteiger partial charge in [-0.3, -0.25) is 0 Å². The minimum absolute atomic E-state index is 0.000622. The zero-order chi connectivity index (χ0) is 18.9. The van der Waals surface area contributed by atoms with Gasteiger partial charge in [-0.05, 0) is 55.2 Å². The topological polar surface area (TPSA) is 64.7 Å². The quantitative estimate of drug-likeness (QED) is 0.555. The van der Waals surface area contributed by atoms with Gasteiger partial charge in [0.25, 0.3) is 0 Å². The summed E-state index contributed by atoms with van der Waals surface area (Å²) >= 11 is 0. The van der Waals surface area contributed by atoms with Crippen molar-refractivity contribution in [2.24, 2.45) is 17.6 Å². The molecule has 4 heteroatoms. The fourth-order valence-electron chi connectivity index (χ4n) is 2.75. The summed E-state index contributed by atoms with van der Waals surface area (Å²) in [5, 5.41) is 9.58. The Labute approximate surface area is 153 Å². The first kappa shape index (κ1) is 21.8. The van der Waals surface area contributed by atoms with Crippen LogP contribution in [0.5, 0.6) is 11.5 Å². The lowest BCUT2D eigenvalue weighted by Crippen LogP contribution is -2.48. The molecule has 4 nitrogen and oxygen atoms in total. The molecule has 0 unspecified atom stereocenters. The van der Waals surface area contributed by atoms with E-state index in [0.29, 0.717) is 6.61 Å². The van der Waals surface area contributed by atoms with Crippen molar-refractivity contribution in [3.05, 3.63) is 23.8 Å². The van der Waals surface area contributed by atoms with E-state index in [1.54, 1.807) is 7.11 Å². The van der Waals surface area contributed by atoms with E-state index in [9.17, 15) is 5.11 Å². The van der Waals surface area contributed by atoms with E-state index < -0.39 is 5.54 Å². The lowest BCUT2D eigenvalue weighted by molar-refractivity contribution is 0.146. The molecule has 0 saturated carbocycles. The van der Waals surface area contributed by atoms with Crippen molar-refractivity contribution >= 4 is 0 Å². The first-order valence-corrected chi connectivity index (χ1v) is 9.52.